The highest BCUT2D eigenvalue weighted by molar-refractivity contribution is 5.77. The molecule has 1 amide bonds. The molecule has 0 aromatic rings. The molecule has 1 atom stereocenters. The van der Waals surface area contributed by atoms with Gasteiger partial charge in [0.25, 0.3) is 0 Å². The first-order valence-corrected chi connectivity index (χ1v) is 6.10. The number of rotatable bonds is 7. The van der Waals surface area contributed by atoms with E-state index in [1.165, 1.54) is 6.42 Å². The highest BCUT2D eigenvalue weighted by Crippen LogP contribution is 2.42. The van der Waals surface area contributed by atoms with Crippen LogP contribution in [0.1, 0.15) is 39.0 Å². The van der Waals surface area contributed by atoms with E-state index in [1.807, 2.05) is 6.92 Å². The van der Waals surface area contributed by atoms with Gasteiger partial charge in [0.05, 0.1) is 0 Å². The molecular weight excluding hydrogens is 204 g/mol. The minimum Gasteiger partial charge on any atom is -0.385 e. The fourth-order valence-corrected chi connectivity index (χ4v) is 2.16. The van der Waals surface area contributed by atoms with Crippen molar-refractivity contribution < 1.29 is 9.53 Å². The molecule has 0 radical (unpaired) electrons. The summed E-state index contributed by atoms with van der Waals surface area (Å²) >= 11 is 0. The normalized spacial score (nSPS) is 19.9. The second kappa shape index (κ2) is 6.21. The summed E-state index contributed by atoms with van der Waals surface area (Å²) in [5.41, 5.74) is 5.83. The lowest BCUT2D eigenvalue weighted by Crippen LogP contribution is -2.43. The maximum atomic E-state index is 11.8. The Morgan fingerprint density at radius 3 is 2.69 bits per heavy atom. The average Bonchev–Trinajstić information content (AvgIpc) is 2.20. The Morgan fingerprint density at radius 2 is 2.25 bits per heavy atom. The van der Waals surface area contributed by atoms with Crippen molar-refractivity contribution in [3.8, 4) is 0 Å². The predicted molar refractivity (Wildman–Crippen MR) is 64.1 cm³/mol. The average molecular weight is 228 g/mol. The first kappa shape index (κ1) is 13.5. The summed E-state index contributed by atoms with van der Waals surface area (Å²) in [4.78, 5) is 11.8. The van der Waals surface area contributed by atoms with Crippen LogP contribution in [-0.2, 0) is 9.53 Å². The highest BCUT2D eigenvalue weighted by atomic mass is 16.5. The standard InChI is InChI=1S/C12H24N2O2/c1-10(4-7-16-2)14-11(15)8-12(9-13)5-3-6-12/h10H,3-9,13H2,1-2H3,(H,14,15). The van der Waals surface area contributed by atoms with Gasteiger partial charge in [-0.05, 0) is 38.1 Å². The Hall–Kier alpha value is -0.610. The van der Waals surface area contributed by atoms with E-state index >= 15 is 0 Å². The van der Waals surface area contributed by atoms with Crippen molar-refractivity contribution >= 4 is 5.91 Å². The number of carbonyl (C=O) groups is 1. The summed E-state index contributed by atoms with van der Waals surface area (Å²) in [5.74, 6) is 0.133. The zero-order valence-electron chi connectivity index (χ0n) is 10.4. The van der Waals surface area contributed by atoms with Crippen molar-refractivity contribution in [2.75, 3.05) is 20.3 Å². The Morgan fingerprint density at radius 1 is 1.56 bits per heavy atom. The lowest BCUT2D eigenvalue weighted by molar-refractivity contribution is -0.125. The third kappa shape index (κ3) is 3.76. The Kier molecular flexibility index (Phi) is 5.22. The number of nitrogens with two attached hydrogens (primary N) is 1. The van der Waals surface area contributed by atoms with E-state index in [0.29, 0.717) is 19.6 Å². The molecular formula is C12H24N2O2. The van der Waals surface area contributed by atoms with Crippen LogP contribution < -0.4 is 11.1 Å². The SMILES string of the molecule is COCCC(C)NC(=O)CC1(CN)CCC1. The number of carbonyl (C=O) groups excluding carboxylic acids is 1. The van der Waals surface area contributed by atoms with Gasteiger partial charge in [0.15, 0.2) is 0 Å². The molecule has 0 saturated heterocycles. The van der Waals surface area contributed by atoms with Crippen molar-refractivity contribution in [2.24, 2.45) is 11.1 Å². The molecule has 1 unspecified atom stereocenters. The lowest BCUT2D eigenvalue weighted by atomic mass is 9.66. The van der Waals surface area contributed by atoms with E-state index in [0.717, 1.165) is 19.3 Å². The summed E-state index contributed by atoms with van der Waals surface area (Å²) in [7, 11) is 1.67. The van der Waals surface area contributed by atoms with Crippen LogP contribution in [0.25, 0.3) is 0 Å². The topological polar surface area (TPSA) is 64.3 Å². The Balaban J connectivity index is 2.24. The maximum Gasteiger partial charge on any atom is 0.220 e. The molecule has 0 heterocycles. The molecule has 94 valence electrons. The van der Waals surface area contributed by atoms with Crippen LogP contribution in [0.3, 0.4) is 0 Å². The van der Waals surface area contributed by atoms with E-state index in [2.05, 4.69) is 5.32 Å². The summed E-state index contributed by atoms with van der Waals surface area (Å²) in [6, 6.07) is 0.183. The van der Waals surface area contributed by atoms with Crippen LogP contribution in [0.5, 0.6) is 0 Å². The van der Waals surface area contributed by atoms with Crippen molar-refractivity contribution in [1.29, 1.82) is 0 Å². The first-order chi connectivity index (χ1) is 7.62. The van der Waals surface area contributed by atoms with E-state index in [9.17, 15) is 4.79 Å². The van der Waals surface area contributed by atoms with Gasteiger partial charge in [-0.3, -0.25) is 4.79 Å². The highest BCUT2D eigenvalue weighted by Gasteiger charge is 2.37. The minimum atomic E-state index is 0.102. The van der Waals surface area contributed by atoms with Gasteiger partial charge in [0.1, 0.15) is 0 Å². The molecule has 3 N–H and O–H groups in total. The second-order valence-electron chi connectivity index (χ2n) is 4.98. The molecule has 16 heavy (non-hydrogen) atoms. The molecule has 0 aromatic heterocycles. The monoisotopic (exact) mass is 228 g/mol. The molecule has 1 aliphatic rings. The van der Waals surface area contributed by atoms with Gasteiger partial charge in [-0.2, -0.15) is 0 Å². The van der Waals surface area contributed by atoms with Gasteiger partial charge in [-0.25, -0.2) is 0 Å². The van der Waals surface area contributed by atoms with E-state index in [4.69, 9.17) is 10.5 Å². The van der Waals surface area contributed by atoms with Gasteiger partial charge >= 0.3 is 0 Å². The fraction of sp³-hybridized carbons (Fsp3) is 0.917. The Bertz CT molecular complexity index is 222. The second-order valence-corrected chi connectivity index (χ2v) is 4.98. The van der Waals surface area contributed by atoms with Crippen LogP contribution in [0.15, 0.2) is 0 Å². The molecule has 4 nitrogen and oxygen atoms in total. The molecule has 1 saturated carbocycles. The summed E-state index contributed by atoms with van der Waals surface area (Å²) in [5, 5.41) is 3.00. The van der Waals surface area contributed by atoms with E-state index < -0.39 is 0 Å². The number of hydrogen-bond acceptors (Lipinski definition) is 3. The number of ether oxygens (including phenoxy) is 1. The fourth-order valence-electron chi connectivity index (χ4n) is 2.16. The van der Waals surface area contributed by atoms with Gasteiger partial charge in [0.2, 0.25) is 5.91 Å². The number of nitrogens with one attached hydrogen (secondary N) is 1. The molecule has 1 aliphatic carbocycles. The zero-order valence-corrected chi connectivity index (χ0v) is 10.4. The number of methoxy groups -OCH3 is 1. The minimum absolute atomic E-state index is 0.102. The van der Waals surface area contributed by atoms with Crippen LogP contribution in [0.2, 0.25) is 0 Å². The molecule has 0 aromatic carbocycles. The van der Waals surface area contributed by atoms with Gasteiger partial charge in [-0.15, -0.1) is 0 Å². The Labute approximate surface area is 97.9 Å². The molecule has 1 fully saturated rings. The molecule has 0 spiro atoms. The smallest absolute Gasteiger partial charge is 0.220 e. The maximum absolute atomic E-state index is 11.8. The zero-order chi connectivity index (χ0) is 12.0. The molecule has 4 heteroatoms. The van der Waals surface area contributed by atoms with Crippen molar-refractivity contribution in [2.45, 2.75) is 45.1 Å². The van der Waals surface area contributed by atoms with Crippen LogP contribution >= 0.6 is 0 Å². The molecule has 0 aliphatic heterocycles. The van der Waals surface area contributed by atoms with Gasteiger partial charge < -0.3 is 15.8 Å². The van der Waals surface area contributed by atoms with Gasteiger partial charge in [0, 0.05) is 26.2 Å². The first-order valence-electron chi connectivity index (χ1n) is 6.10. The van der Waals surface area contributed by atoms with Crippen molar-refractivity contribution in [3.63, 3.8) is 0 Å². The van der Waals surface area contributed by atoms with Crippen LogP contribution in [0.4, 0.5) is 0 Å². The van der Waals surface area contributed by atoms with Gasteiger partial charge in [-0.1, -0.05) is 6.42 Å². The largest absolute Gasteiger partial charge is 0.385 e. The molecule has 1 rings (SSSR count). The third-order valence-corrected chi connectivity index (χ3v) is 3.55. The number of amides is 1. The third-order valence-electron chi connectivity index (χ3n) is 3.55. The van der Waals surface area contributed by atoms with Crippen LogP contribution in [-0.4, -0.2) is 32.2 Å². The molecule has 0 bridgehead atoms. The van der Waals surface area contributed by atoms with Crippen LogP contribution in [0, 0.1) is 5.41 Å². The number of hydrogen-bond donors (Lipinski definition) is 2. The van der Waals surface area contributed by atoms with Crippen molar-refractivity contribution in [3.05, 3.63) is 0 Å². The summed E-state index contributed by atoms with van der Waals surface area (Å²) in [6.07, 6.45) is 4.86. The lowest BCUT2D eigenvalue weighted by Gasteiger charge is -2.40. The predicted octanol–water partition coefficient (Wildman–Crippen LogP) is 1.05. The quantitative estimate of drug-likeness (QED) is 0.684. The van der Waals surface area contributed by atoms with E-state index in [-0.39, 0.29) is 17.4 Å². The van der Waals surface area contributed by atoms with E-state index in [1.54, 1.807) is 7.11 Å². The summed E-state index contributed by atoms with van der Waals surface area (Å²) < 4.78 is 4.98. The summed E-state index contributed by atoms with van der Waals surface area (Å²) in [6.45, 7) is 3.32. The van der Waals surface area contributed by atoms with Crippen molar-refractivity contribution in [1.82, 2.24) is 5.32 Å².